The molecule has 2 heterocycles. The molecule has 1 aliphatic heterocycles. The molecule has 1 fully saturated rings. The van der Waals surface area contributed by atoms with Crippen molar-refractivity contribution >= 4 is 17.7 Å². The Morgan fingerprint density at radius 2 is 2.00 bits per heavy atom. The minimum atomic E-state index is -0.453. The number of hydrogen-bond acceptors (Lipinski definition) is 6. The molecule has 1 aromatic heterocycles. The van der Waals surface area contributed by atoms with Crippen LogP contribution in [0.3, 0.4) is 0 Å². The number of rotatable bonds is 5. The first-order chi connectivity index (χ1) is 11.3. The number of thioether (sulfide) groups is 1. The van der Waals surface area contributed by atoms with Gasteiger partial charge in [0.15, 0.2) is 5.69 Å². The Kier molecular flexibility index (Phi) is 5.30. The molecule has 1 saturated heterocycles. The van der Waals surface area contributed by atoms with E-state index >= 15 is 0 Å². The number of aromatic amines is 1. The second-order valence-corrected chi connectivity index (χ2v) is 6.55. The van der Waals surface area contributed by atoms with Crippen LogP contribution in [-0.2, 0) is 11.3 Å². The van der Waals surface area contributed by atoms with Crippen LogP contribution in [0.4, 0.5) is 0 Å². The van der Waals surface area contributed by atoms with Gasteiger partial charge in [-0.1, -0.05) is 24.3 Å². The summed E-state index contributed by atoms with van der Waals surface area (Å²) in [4.78, 5) is 14.3. The van der Waals surface area contributed by atoms with Crippen LogP contribution >= 0.6 is 11.8 Å². The van der Waals surface area contributed by atoms with Crippen LogP contribution in [0.1, 0.15) is 23.0 Å². The average Bonchev–Trinajstić information content (AvgIpc) is 3.06. The number of H-pyrrole nitrogens is 1. The Morgan fingerprint density at radius 3 is 2.70 bits per heavy atom. The third-order valence-corrected chi connectivity index (χ3v) is 4.70. The van der Waals surface area contributed by atoms with Gasteiger partial charge < -0.3 is 4.74 Å². The fourth-order valence-electron chi connectivity index (χ4n) is 2.56. The van der Waals surface area contributed by atoms with Crippen LogP contribution in [-0.4, -0.2) is 57.5 Å². The van der Waals surface area contributed by atoms with Gasteiger partial charge in [0.25, 0.3) is 0 Å². The molecule has 0 atom stereocenters. The van der Waals surface area contributed by atoms with Gasteiger partial charge in [0.05, 0.1) is 6.61 Å². The lowest BCUT2D eigenvalue weighted by Gasteiger charge is -2.26. The van der Waals surface area contributed by atoms with Crippen LogP contribution in [0.2, 0.25) is 0 Å². The summed E-state index contributed by atoms with van der Waals surface area (Å²) in [6.07, 6.45) is 0. The second-order valence-electron chi connectivity index (χ2n) is 5.33. The number of aromatic nitrogens is 3. The fraction of sp³-hybridized carbons (Fsp3) is 0.438. The van der Waals surface area contributed by atoms with Crippen molar-refractivity contribution in [3.63, 3.8) is 0 Å². The minimum absolute atomic E-state index is 0.229. The minimum Gasteiger partial charge on any atom is -0.461 e. The molecule has 6 nitrogen and oxygen atoms in total. The average molecular weight is 332 g/mol. The standard InChI is InChI=1S/C16H20N4O2S/c1-2-22-16(21)15-14(17-19-18-15)13-5-3-12(4-6-13)11-20-7-9-23-10-8-20/h3-6H,2,7-11H2,1H3,(H,17,18,19). The Bertz CT molecular complexity index is 650. The molecule has 1 aromatic carbocycles. The number of esters is 1. The van der Waals surface area contributed by atoms with Crippen molar-refractivity contribution in [3.05, 3.63) is 35.5 Å². The number of ether oxygens (including phenoxy) is 1. The van der Waals surface area contributed by atoms with Gasteiger partial charge in [0, 0.05) is 36.7 Å². The maximum Gasteiger partial charge on any atom is 0.361 e. The summed E-state index contributed by atoms with van der Waals surface area (Å²) >= 11 is 2.01. The van der Waals surface area contributed by atoms with Crippen LogP contribution in [0, 0.1) is 0 Å². The number of nitrogens with zero attached hydrogens (tertiary/aromatic N) is 3. The Hall–Kier alpha value is -1.86. The van der Waals surface area contributed by atoms with Crippen molar-refractivity contribution in [1.82, 2.24) is 20.3 Å². The van der Waals surface area contributed by atoms with E-state index in [0.717, 1.165) is 25.2 Å². The largest absolute Gasteiger partial charge is 0.461 e. The van der Waals surface area contributed by atoms with Crippen molar-refractivity contribution in [3.8, 4) is 11.3 Å². The highest BCUT2D eigenvalue weighted by Gasteiger charge is 2.19. The van der Waals surface area contributed by atoms with Crippen molar-refractivity contribution in [2.24, 2.45) is 0 Å². The quantitative estimate of drug-likeness (QED) is 0.847. The summed E-state index contributed by atoms with van der Waals surface area (Å²) < 4.78 is 5.00. The van der Waals surface area contributed by atoms with Crippen molar-refractivity contribution < 1.29 is 9.53 Å². The molecule has 0 amide bonds. The predicted octanol–water partition coefficient (Wildman–Crippen LogP) is 2.20. The molecule has 0 unspecified atom stereocenters. The SMILES string of the molecule is CCOC(=O)c1n[nH]nc1-c1ccc(CN2CCSCC2)cc1. The molecule has 0 spiro atoms. The van der Waals surface area contributed by atoms with Gasteiger partial charge in [-0.3, -0.25) is 4.90 Å². The zero-order valence-corrected chi connectivity index (χ0v) is 13.9. The van der Waals surface area contributed by atoms with Crippen molar-refractivity contribution in [2.45, 2.75) is 13.5 Å². The number of carbonyl (C=O) groups is 1. The number of nitrogens with one attached hydrogen (secondary N) is 1. The van der Waals surface area contributed by atoms with Gasteiger partial charge in [0.1, 0.15) is 5.69 Å². The summed E-state index contributed by atoms with van der Waals surface area (Å²) in [5.74, 6) is 1.96. The van der Waals surface area contributed by atoms with Crippen LogP contribution < -0.4 is 0 Å². The first-order valence-corrected chi connectivity index (χ1v) is 8.90. The summed E-state index contributed by atoms with van der Waals surface area (Å²) in [6, 6.07) is 8.13. The Balaban J connectivity index is 1.72. The molecule has 1 aliphatic rings. The zero-order chi connectivity index (χ0) is 16.1. The van der Waals surface area contributed by atoms with E-state index in [1.807, 2.05) is 23.9 Å². The first kappa shape index (κ1) is 16.0. The van der Waals surface area contributed by atoms with E-state index in [2.05, 4.69) is 32.4 Å². The summed E-state index contributed by atoms with van der Waals surface area (Å²) in [5.41, 5.74) is 2.89. The van der Waals surface area contributed by atoms with Crippen LogP contribution in [0.15, 0.2) is 24.3 Å². The van der Waals surface area contributed by atoms with Gasteiger partial charge in [-0.2, -0.15) is 22.1 Å². The normalized spacial score (nSPS) is 15.5. The highest BCUT2D eigenvalue weighted by atomic mass is 32.2. The molecular weight excluding hydrogens is 312 g/mol. The second kappa shape index (κ2) is 7.61. The fourth-order valence-corrected chi connectivity index (χ4v) is 3.54. The lowest BCUT2D eigenvalue weighted by molar-refractivity contribution is 0.0520. The smallest absolute Gasteiger partial charge is 0.361 e. The van der Waals surface area contributed by atoms with Gasteiger partial charge in [-0.25, -0.2) is 4.79 Å². The number of hydrogen-bond donors (Lipinski definition) is 1. The van der Waals surface area contributed by atoms with E-state index < -0.39 is 5.97 Å². The molecule has 23 heavy (non-hydrogen) atoms. The number of carbonyl (C=O) groups excluding carboxylic acids is 1. The molecule has 0 saturated carbocycles. The number of benzene rings is 1. The monoisotopic (exact) mass is 332 g/mol. The maximum atomic E-state index is 11.9. The van der Waals surface area contributed by atoms with E-state index in [-0.39, 0.29) is 5.69 Å². The zero-order valence-electron chi connectivity index (χ0n) is 13.1. The molecule has 0 aliphatic carbocycles. The van der Waals surface area contributed by atoms with Crippen LogP contribution in [0.25, 0.3) is 11.3 Å². The van der Waals surface area contributed by atoms with Gasteiger partial charge >= 0.3 is 5.97 Å². The molecule has 3 rings (SSSR count). The molecule has 0 radical (unpaired) electrons. The molecule has 2 aromatic rings. The van der Waals surface area contributed by atoms with E-state index in [0.29, 0.717) is 12.3 Å². The summed E-state index contributed by atoms with van der Waals surface area (Å²) in [5, 5.41) is 10.5. The lowest BCUT2D eigenvalue weighted by Crippen LogP contribution is -2.31. The lowest BCUT2D eigenvalue weighted by atomic mass is 10.1. The Morgan fingerprint density at radius 1 is 1.26 bits per heavy atom. The highest BCUT2D eigenvalue weighted by Crippen LogP contribution is 2.22. The molecule has 7 heteroatoms. The molecule has 122 valence electrons. The van der Waals surface area contributed by atoms with Crippen molar-refractivity contribution in [1.29, 1.82) is 0 Å². The third kappa shape index (κ3) is 3.92. The predicted molar refractivity (Wildman–Crippen MR) is 90.4 cm³/mol. The van der Waals surface area contributed by atoms with Crippen molar-refractivity contribution in [2.75, 3.05) is 31.2 Å². The third-order valence-electron chi connectivity index (χ3n) is 3.75. The summed E-state index contributed by atoms with van der Waals surface area (Å²) in [7, 11) is 0. The molecular formula is C16H20N4O2S. The maximum absolute atomic E-state index is 11.9. The van der Waals surface area contributed by atoms with E-state index in [4.69, 9.17) is 4.74 Å². The van der Waals surface area contributed by atoms with Gasteiger partial charge in [-0.05, 0) is 12.5 Å². The van der Waals surface area contributed by atoms with Gasteiger partial charge in [0.2, 0.25) is 0 Å². The van der Waals surface area contributed by atoms with Gasteiger partial charge in [-0.15, -0.1) is 5.10 Å². The van der Waals surface area contributed by atoms with Crippen LogP contribution in [0.5, 0.6) is 0 Å². The first-order valence-electron chi connectivity index (χ1n) is 7.75. The topological polar surface area (TPSA) is 71.1 Å². The van der Waals surface area contributed by atoms with E-state index in [1.54, 1.807) is 6.92 Å². The van der Waals surface area contributed by atoms with E-state index in [9.17, 15) is 4.79 Å². The summed E-state index contributed by atoms with van der Waals surface area (Å²) in [6.45, 7) is 5.33. The highest BCUT2D eigenvalue weighted by molar-refractivity contribution is 7.99. The Labute approximate surface area is 139 Å². The van der Waals surface area contributed by atoms with E-state index in [1.165, 1.54) is 17.1 Å². The molecule has 0 bridgehead atoms. The molecule has 1 N–H and O–H groups in total.